The standard InChI is InChI=1S/C8H6F3NO3/c9-8(10,11)15-12(7(13)14)6-4-2-1-3-5-6/h1-5H,(H,13,14). The van der Waals surface area contributed by atoms with E-state index in [4.69, 9.17) is 5.11 Å². The molecule has 82 valence electrons. The van der Waals surface area contributed by atoms with Gasteiger partial charge in [-0.05, 0) is 12.1 Å². The molecule has 0 aliphatic rings. The van der Waals surface area contributed by atoms with Gasteiger partial charge in [0.15, 0.2) is 0 Å². The van der Waals surface area contributed by atoms with Crippen LogP contribution in [0.1, 0.15) is 0 Å². The number of amides is 1. The van der Waals surface area contributed by atoms with Gasteiger partial charge < -0.3 is 5.11 Å². The average molecular weight is 221 g/mol. The second kappa shape index (κ2) is 4.18. The first kappa shape index (κ1) is 11.3. The number of rotatable bonds is 2. The average Bonchev–Trinajstić information content (AvgIpc) is 2.14. The topological polar surface area (TPSA) is 49.8 Å². The van der Waals surface area contributed by atoms with Gasteiger partial charge in [0, 0.05) is 0 Å². The normalized spacial score (nSPS) is 11.1. The Morgan fingerprint density at radius 3 is 2.20 bits per heavy atom. The van der Waals surface area contributed by atoms with Crippen molar-refractivity contribution < 1.29 is 27.9 Å². The highest BCUT2D eigenvalue weighted by Crippen LogP contribution is 2.23. The number of halogens is 3. The number of para-hydroxylation sites is 1. The summed E-state index contributed by atoms with van der Waals surface area (Å²) in [6.07, 6.45) is -6.90. The molecule has 0 aliphatic carbocycles. The van der Waals surface area contributed by atoms with Gasteiger partial charge in [0.2, 0.25) is 0 Å². The summed E-state index contributed by atoms with van der Waals surface area (Å²) in [5.74, 6) is 0. The second-order valence-corrected chi connectivity index (χ2v) is 2.45. The Balaban J connectivity index is 2.90. The van der Waals surface area contributed by atoms with Crippen LogP contribution >= 0.6 is 0 Å². The van der Waals surface area contributed by atoms with Gasteiger partial charge in [0.1, 0.15) is 0 Å². The zero-order chi connectivity index (χ0) is 11.5. The van der Waals surface area contributed by atoms with E-state index in [2.05, 4.69) is 4.84 Å². The molecule has 1 amide bonds. The Morgan fingerprint density at radius 1 is 1.27 bits per heavy atom. The van der Waals surface area contributed by atoms with Crippen LogP contribution in [0.2, 0.25) is 0 Å². The molecule has 0 saturated heterocycles. The Hall–Kier alpha value is -1.76. The Morgan fingerprint density at radius 2 is 1.80 bits per heavy atom. The summed E-state index contributed by atoms with van der Waals surface area (Å²) in [4.78, 5) is 13.8. The zero-order valence-electron chi connectivity index (χ0n) is 7.23. The lowest BCUT2D eigenvalue weighted by atomic mass is 10.3. The molecule has 1 rings (SSSR count). The summed E-state index contributed by atoms with van der Waals surface area (Å²) < 4.78 is 35.5. The van der Waals surface area contributed by atoms with E-state index in [0.717, 1.165) is 0 Å². The second-order valence-electron chi connectivity index (χ2n) is 2.45. The van der Waals surface area contributed by atoms with E-state index >= 15 is 0 Å². The molecular formula is C8H6F3NO3. The predicted molar refractivity (Wildman–Crippen MR) is 44.1 cm³/mol. The third-order valence-corrected chi connectivity index (χ3v) is 1.36. The van der Waals surface area contributed by atoms with Gasteiger partial charge in [0.25, 0.3) is 0 Å². The molecule has 0 heterocycles. The number of carboxylic acid groups (broad SMARTS) is 1. The molecule has 0 unspecified atom stereocenters. The molecule has 0 fully saturated rings. The van der Waals surface area contributed by atoms with Crippen molar-refractivity contribution in [1.82, 2.24) is 0 Å². The molecular weight excluding hydrogens is 215 g/mol. The summed E-state index contributed by atoms with van der Waals surface area (Å²) in [7, 11) is 0. The molecule has 1 aromatic rings. The number of nitrogens with zero attached hydrogens (tertiary/aromatic N) is 1. The van der Waals surface area contributed by atoms with Crippen LogP contribution < -0.4 is 5.06 Å². The van der Waals surface area contributed by atoms with Crippen molar-refractivity contribution in [2.24, 2.45) is 0 Å². The van der Waals surface area contributed by atoms with Crippen LogP contribution in [0, 0.1) is 0 Å². The Bertz CT molecular complexity index is 339. The monoisotopic (exact) mass is 221 g/mol. The first-order valence-electron chi connectivity index (χ1n) is 3.74. The third kappa shape index (κ3) is 3.47. The molecule has 4 nitrogen and oxygen atoms in total. The minimum atomic E-state index is -5.05. The first-order chi connectivity index (χ1) is 6.90. The lowest BCUT2D eigenvalue weighted by Gasteiger charge is -2.19. The number of anilines is 1. The predicted octanol–water partition coefficient (Wildman–Crippen LogP) is 2.62. The van der Waals surface area contributed by atoms with Crippen molar-refractivity contribution in [2.45, 2.75) is 6.36 Å². The van der Waals surface area contributed by atoms with Gasteiger partial charge in [-0.3, -0.25) is 0 Å². The highest BCUT2D eigenvalue weighted by molar-refractivity contribution is 5.83. The van der Waals surface area contributed by atoms with E-state index in [9.17, 15) is 18.0 Å². The lowest BCUT2D eigenvalue weighted by molar-refractivity contribution is -0.326. The Labute approximate surface area is 82.4 Å². The van der Waals surface area contributed by atoms with Crippen molar-refractivity contribution in [3.05, 3.63) is 30.3 Å². The van der Waals surface area contributed by atoms with E-state index in [1.807, 2.05) is 0 Å². The molecule has 1 aromatic carbocycles. The van der Waals surface area contributed by atoms with Gasteiger partial charge in [-0.1, -0.05) is 18.2 Å². The smallest absolute Gasteiger partial charge is 0.463 e. The van der Waals surface area contributed by atoms with Gasteiger partial charge in [-0.15, -0.1) is 18.2 Å². The van der Waals surface area contributed by atoms with Crippen LogP contribution in [0.5, 0.6) is 0 Å². The maximum absolute atomic E-state index is 11.8. The molecule has 0 aliphatic heterocycles. The number of benzene rings is 1. The van der Waals surface area contributed by atoms with E-state index in [1.54, 1.807) is 0 Å². The number of alkyl halides is 3. The molecule has 0 spiro atoms. The number of hydrogen-bond donors (Lipinski definition) is 1. The fraction of sp³-hybridized carbons (Fsp3) is 0.125. The summed E-state index contributed by atoms with van der Waals surface area (Å²) in [6.45, 7) is 0. The highest BCUT2D eigenvalue weighted by atomic mass is 19.4. The van der Waals surface area contributed by atoms with Crippen molar-refractivity contribution in [3.8, 4) is 0 Å². The molecule has 0 bridgehead atoms. The molecule has 0 radical (unpaired) electrons. The van der Waals surface area contributed by atoms with Crippen LogP contribution in [0.3, 0.4) is 0 Å². The van der Waals surface area contributed by atoms with E-state index in [0.29, 0.717) is 0 Å². The quantitative estimate of drug-likeness (QED) is 0.781. The largest absolute Gasteiger partial charge is 0.544 e. The van der Waals surface area contributed by atoms with Gasteiger partial charge in [-0.2, -0.15) is 4.84 Å². The van der Waals surface area contributed by atoms with Crippen molar-refractivity contribution in [3.63, 3.8) is 0 Å². The molecule has 7 heteroatoms. The highest BCUT2D eigenvalue weighted by Gasteiger charge is 2.36. The first-order valence-corrected chi connectivity index (χ1v) is 3.74. The SMILES string of the molecule is O=C(O)N(OC(F)(F)F)c1ccccc1. The fourth-order valence-electron chi connectivity index (χ4n) is 0.869. The van der Waals surface area contributed by atoms with Crippen LogP contribution in [-0.2, 0) is 4.84 Å². The fourth-order valence-corrected chi connectivity index (χ4v) is 0.869. The number of hydrogen-bond acceptors (Lipinski definition) is 2. The molecule has 0 aromatic heterocycles. The van der Waals surface area contributed by atoms with Gasteiger partial charge in [0.05, 0.1) is 5.69 Å². The minimum Gasteiger partial charge on any atom is -0.463 e. The third-order valence-electron chi connectivity index (χ3n) is 1.36. The van der Waals surface area contributed by atoms with Crippen LogP contribution in [0.4, 0.5) is 23.7 Å². The van der Waals surface area contributed by atoms with E-state index < -0.39 is 12.5 Å². The summed E-state index contributed by atoms with van der Waals surface area (Å²) >= 11 is 0. The molecule has 1 N–H and O–H groups in total. The summed E-state index contributed by atoms with van der Waals surface area (Å²) in [5, 5.41) is 8.24. The zero-order valence-corrected chi connectivity index (χ0v) is 7.23. The van der Waals surface area contributed by atoms with Crippen LogP contribution in [-0.4, -0.2) is 17.6 Å². The maximum atomic E-state index is 11.8. The Kier molecular flexibility index (Phi) is 3.15. The van der Waals surface area contributed by atoms with Crippen molar-refractivity contribution in [1.29, 1.82) is 0 Å². The number of hydroxylamine groups is 1. The van der Waals surface area contributed by atoms with Crippen LogP contribution in [0.25, 0.3) is 0 Å². The summed E-state index contributed by atoms with van der Waals surface area (Å²) in [5.41, 5.74) is -0.220. The molecule has 0 atom stereocenters. The molecule has 0 saturated carbocycles. The molecule has 15 heavy (non-hydrogen) atoms. The number of carbonyl (C=O) groups is 1. The van der Waals surface area contributed by atoms with E-state index in [1.165, 1.54) is 30.3 Å². The van der Waals surface area contributed by atoms with Crippen molar-refractivity contribution >= 4 is 11.8 Å². The maximum Gasteiger partial charge on any atom is 0.544 e. The van der Waals surface area contributed by atoms with Gasteiger partial charge in [-0.25, -0.2) is 4.79 Å². The van der Waals surface area contributed by atoms with Gasteiger partial charge >= 0.3 is 12.5 Å². The lowest BCUT2D eigenvalue weighted by Crippen LogP contribution is -2.35. The van der Waals surface area contributed by atoms with E-state index in [-0.39, 0.29) is 10.8 Å². The summed E-state index contributed by atoms with van der Waals surface area (Å²) in [6, 6.07) is 6.69. The van der Waals surface area contributed by atoms with Crippen molar-refractivity contribution in [2.75, 3.05) is 5.06 Å². The van der Waals surface area contributed by atoms with Crippen LogP contribution in [0.15, 0.2) is 30.3 Å². The minimum absolute atomic E-state index is 0.220.